The molecule has 68 valence electrons. The second-order valence-electron chi connectivity index (χ2n) is 3.54. The van der Waals surface area contributed by atoms with Crippen molar-refractivity contribution in [3.63, 3.8) is 0 Å². The standard InChI is InChI=1S/C12H15N/c1-2-10-7-8-12(9-10)13-11-5-3-4-6-11/h2-3,5,9H,4,6-8H2,1H3/b10-2+,13-11?. The second-order valence-corrected chi connectivity index (χ2v) is 3.54. The van der Waals surface area contributed by atoms with Crippen LogP contribution >= 0.6 is 0 Å². The van der Waals surface area contributed by atoms with Gasteiger partial charge in [0.25, 0.3) is 0 Å². The minimum absolute atomic E-state index is 1.12. The maximum Gasteiger partial charge on any atom is 0.0412 e. The first-order valence-corrected chi connectivity index (χ1v) is 4.98. The van der Waals surface area contributed by atoms with Gasteiger partial charge in [-0.1, -0.05) is 17.7 Å². The average molecular weight is 173 g/mol. The predicted molar refractivity (Wildman–Crippen MR) is 56.9 cm³/mol. The number of hydrogen-bond acceptors (Lipinski definition) is 1. The lowest BCUT2D eigenvalue weighted by molar-refractivity contribution is 0.987. The summed E-state index contributed by atoms with van der Waals surface area (Å²) >= 11 is 0. The van der Waals surface area contributed by atoms with Gasteiger partial charge in [-0.25, -0.2) is 0 Å². The highest BCUT2D eigenvalue weighted by Crippen LogP contribution is 2.25. The van der Waals surface area contributed by atoms with Gasteiger partial charge in [0.2, 0.25) is 0 Å². The zero-order valence-electron chi connectivity index (χ0n) is 8.09. The third-order valence-electron chi connectivity index (χ3n) is 2.56. The second kappa shape index (κ2) is 3.73. The van der Waals surface area contributed by atoms with Crippen molar-refractivity contribution in [3.05, 3.63) is 35.6 Å². The first kappa shape index (κ1) is 8.49. The average Bonchev–Trinajstić information content (AvgIpc) is 2.76. The highest BCUT2D eigenvalue weighted by Gasteiger charge is 2.09. The Morgan fingerprint density at radius 3 is 2.85 bits per heavy atom. The molecule has 0 aromatic heterocycles. The van der Waals surface area contributed by atoms with Crippen LogP contribution in [0, 0.1) is 0 Å². The number of aliphatic imine (C=N–C) groups is 1. The molecule has 1 nitrogen and oxygen atoms in total. The molecule has 0 spiro atoms. The molecule has 13 heavy (non-hydrogen) atoms. The summed E-state index contributed by atoms with van der Waals surface area (Å²) in [6.07, 6.45) is 13.3. The molecule has 0 heterocycles. The molecule has 0 atom stereocenters. The van der Waals surface area contributed by atoms with Crippen LogP contribution in [0.2, 0.25) is 0 Å². The lowest BCUT2D eigenvalue weighted by Crippen LogP contribution is -1.87. The molecule has 0 N–H and O–H groups in total. The van der Waals surface area contributed by atoms with Gasteiger partial charge in [0.15, 0.2) is 0 Å². The van der Waals surface area contributed by atoms with E-state index in [4.69, 9.17) is 0 Å². The first-order chi connectivity index (χ1) is 6.38. The fraction of sp³-hybridized carbons (Fsp3) is 0.417. The van der Waals surface area contributed by atoms with Gasteiger partial charge >= 0.3 is 0 Å². The van der Waals surface area contributed by atoms with Gasteiger partial charge in [-0.3, -0.25) is 4.99 Å². The minimum atomic E-state index is 1.12. The van der Waals surface area contributed by atoms with Crippen molar-refractivity contribution < 1.29 is 0 Å². The Labute approximate surface area is 79.6 Å². The van der Waals surface area contributed by atoms with Crippen LogP contribution in [0.25, 0.3) is 0 Å². The van der Waals surface area contributed by atoms with Gasteiger partial charge in [-0.15, -0.1) is 0 Å². The molecule has 0 amide bonds. The Morgan fingerprint density at radius 1 is 1.31 bits per heavy atom. The molecule has 0 aromatic rings. The molecular formula is C12H15N. The van der Waals surface area contributed by atoms with Crippen LogP contribution in [0.4, 0.5) is 0 Å². The van der Waals surface area contributed by atoms with E-state index in [2.05, 4.69) is 36.2 Å². The van der Waals surface area contributed by atoms with Crippen LogP contribution in [0.1, 0.15) is 32.6 Å². The van der Waals surface area contributed by atoms with Crippen LogP contribution in [0.15, 0.2) is 40.6 Å². The molecule has 0 saturated heterocycles. The summed E-state index contributed by atoms with van der Waals surface area (Å²) in [4.78, 5) is 4.62. The van der Waals surface area contributed by atoms with Crippen molar-refractivity contribution in [2.45, 2.75) is 32.6 Å². The van der Waals surface area contributed by atoms with Crippen LogP contribution in [0.3, 0.4) is 0 Å². The maximum atomic E-state index is 4.62. The molecule has 0 aliphatic heterocycles. The Bertz CT molecular complexity index is 316. The summed E-state index contributed by atoms with van der Waals surface area (Å²) in [6.45, 7) is 2.09. The third kappa shape index (κ3) is 1.97. The Hall–Kier alpha value is -1.11. The van der Waals surface area contributed by atoms with Gasteiger partial charge in [0, 0.05) is 11.4 Å². The van der Waals surface area contributed by atoms with Crippen molar-refractivity contribution in [2.75, 3.05) is 0 Å². The first-order valence-electron chi connectivity index (χ1n) is 4.98. The fourth-order valence-corrected chi connectivity index (χ4v) is 1.76. The van der Waals surface area contributed by atoms with E-state index in [9.17, 15) is 0 Å². The van der Waals surface area contributed by atoms with Crippen molar-refractivity contribution in [1.82, 2.24) is 0 Å². The normalized spacial score (nSPS) is 27.6. The van der Waals surface area contributed by atoms with E-state index in [0.29, 0.717) is 0 Å². The van der Waals surface area contributed by atoms with Crippen molar-refractivity contribution in [3.8, 4) is 0 Å². The van der Waals surface area contributed by atoms with E-state index in [-0.39, 0.29) is 0 Å². The van der Waals surface area contributed by atoms with Gasteiger partial charge in [0.1, 0.15) is 0 Å². The zero-order chi connectivity index (χ0) is 9.10. The Balaban J connectivity index is 2.11. The minimum Gasteiger partial charge on any atom is -0.258 e. The number of hydrogen-bond donors (Lipinski definition) is 0. The third-order valence-corrected chi connectivity index (χ3v) is 2.56. The summed E-state index contributed by atoms with van der Waals surface area (Å²) in [7, 11) is 0. The monoisotopic (exact) mass is 173 g/mol. The van der Waals surface area contributed by atoms with Crippen LogP contribution in [0.5, 0.6) is 0 Å². The lowest BCUT2D eigenvalue weighted by Gasteiger charge is -1.93. The van der Waals surface area contributed by atoms with Crippen molar-refractivity contribution >= 4 is 5.71 Å². The summed E-state index contributed by atoms with van der Waals surface area (Å²) in [5, 5.41) is 0. The summed E-state index contributed by atoms with van der Waals surface area (Å²) in [5.74, 6) is 0. The molecule has 0 fully saturated rings. The predicted octanol–water partition coefficient (Wildman–Crippen LogP) is 3.40. The van der Waals surface area contributed by atoms with Gasteiger partial charge < -0.3 is 0 Å². The van der Waals surface area contributed by atoms with Crippen molar-refractivity contribution in [2.24, 2.45) is 4.99 Å². The lowest BCUT2D eigenvalue weighted by atomic mass is 10.2. The van der Waals surface area contributed by atoms with Gasteiger partial charge in [-0.05, 0) is 44.8 Å². The number of rotatable bonds is 1. The largest absolute Gasteiger partial charge is 0.258 e. The van der Waals surface area contributed by atoms with Gasteiger partial charge in [-0.2, -0.15) is 0 Å². The van der Waals surface area contributed by atoms with E-state index in [1.807, 2.05) is 0 Å². The summed E-state index contributed by atoms with van der Waals surface area (Å²) < 4.78 is 0. The highest BCUT2D eigenvalue weighted by molar-refractivity contribution is 5.97. The molecule has 0 aromatic carbocycles. The van der Waals surface area contributed by atoms with E-state index in [1.54, 1.807) is 0 Å². The maximum absolute atomic E-state index is 4.62. The Kier molecular flexibility index (Phi) is 2.44. The zero-order valence-corrected chi connectivity index (χ0v) is 8.09. The molecule has 2 aliphatic carbocycles. The van der Waals surface area contributed by atoms with Crippen molar-refractivity contribution in [1.29, 1.82) is 0 Å². The summed E-state index contributed by atoms with van der Waals surface area (Å²) in [5.41, 5.74) is 3.94. The molecule has 0 radical (unpaired) electrons. The fourth-order valence-electron chi connectivity index (χ4n) is 1.76. The van der Waals surface area contributed by atoms with Crippen LogP contribution in [-0.2, 0) is 0 Å². The topological polar surface area (TPSA) is 12.4 Å². The van der Waals surface area contributed by atoms with Gasteiger partial charge in [0.05, 0.1) is 0 Å². The van der Waals surface area contributed by atoms with Crippen LogP contribution in [-0.4, -0.2) is 5.71 Å². The molecule has 2 rings (SSSR count). The highest BCUT2D eigenvalue weighted by atomic mass is 14.8. The quantitative estimate of drug-likeness (QED) is 0.576. The van der Waals surface area contributed by atoms with E-state index < -0.39 is 0 Å². The smallest absolute Gasteiger partial charge is 0.0412 e. The molecular weight excluding hydrogens is 158 g/mol. The molecule has 2 aliphatic rings. The number of nitrogens with zero attached hydrogens (tertiary/aromatic N) is 1. The molecule has 0 saturated carbocycles. The molecule has 1 heteroatoms. The molecule has 0 bridgehead atoms. The summed E-state index contributed by atoms with van der Waals surface area (Å²) in [6, 6.07) is 0. The Morgan fingerprint density at radius 2 is 2.23 bits per heavy atom. The number of allylic oxidation sites excluding steroid dienone is 6. The van der Waals surface area contributed by atoms with Crippen LogP contribution < -0.4 is 0 Å². The molecule has 0 unspecified atom stereocenters. The SMILES string of the molecule is C/C=C1/C=C(N=C2C=CCC2)CC1. The van der Waals surface area contributed by atoms with E-state index >= 15 is 0 Å². The van der Waals surface area contributed by atoms with E-state index in [0.717, 1.165) is 12.8 Å². The van der Waals surface area contributed by atoms with E-state index in [1.165, 1.54) is 29.8 Å².